The summed E-state index contributed by atoms with van der Waals surface area (Å²) in [5.41, 5.74) is 1.60. The van der Waals surface area contributed by atoms with Gasteiger partial charge in [-0.15, -0.1) is 0 Å². The molecule has 1 unspecified atom stereocenters. The van der Waals surface area contributed by atoms with Crippen molar-refractivity contribution >= 4 is 17.6 Å². The van der Waals surface area contributed by atoms with Gasteiger partial charge in [-0.3, -0.25) is 10.1 Å². The number of imide groups is 1. The number of anilines is 1. The van der Waals surface area contributed by atoms with E-state index in [9.17, 15) is 9.59 Å². The van der Waals surface area contributed by atoms with E-state index >= 15 is 0 Å². The maximum Gasteiger partial charge on any atom is 0.326 e. The second-order valence-corrected chi connectivity index (χ2v) is 6.46. The van der Waals surface area contributed by atoms with Crippen LogP contribution in [-0.2, 0) is 11.3 Å². The molecule has 148 valence electrons. The second-order valence-electron chi connectivity index (χ2n) is 6.46. The molecule has 8 nitrogen and oxygen atoms in total. The molecule has 3 amide bonds. The van der Waals surface area contributed by atoms with E-state index in [1.807, 2.05) is 38.2 Å². The fourth-order valence-electron chi connectivity index (χ4n) is 2.86. The summed E-state index contributed by atoms with van der Waals surface area (Å²) in [7, 11) is 1.89. The van der Waals surface area contributed by atoms with E-state index in [2.05, 4.69) is 10.6 Å². The van der Waals surface area contributed by atoms with Gasteiger partial charge in [0, 0.05) is 17.3 Å². The molecule has 2 aromatic carbocycles. The summed E-state index contributed by atoms with van der Waals surface area (Å²) in [6, 6.07) is 12.2. The van der Waals surface area contributed by atoms with E-state index in [1.165, 1.54) is 0 Å². The summed E-state index contributed by atoms with van der Waals surface area (Å²) < 4.78 is 15.9. The van der Waals surface area contributed by atoms with E-state index in [0.29, 0.717) is 30.3 Å². The first-order valence-corrected chi connectivity index (χ1v) is 9.07. The van der Waals surface area contributed by atoms with E-state index in [1.54, 1.807) is 18.2 Å². The molecule has 0 aliphatic carbocycles. The largest absolute Gasteiger partial charge is 0.494 e. The van der Waals surface area contributed by atoms with Crippen molar-refractivity contribution < 1.29 is 28.7 Å². The lowest BCUT2D eigenvalue weighted by molar-refractivity contribution is -0.885. The zero-order chi connectivity index (χ0) is 19.9. The lowest BCUT2D eigenvalue weighted by atomic mass is 10.2. The number of carbonyl (C=O) groups is 2. The lowest BCUT2D eigenvalue weighted by Crippen LogP contribution is -3.09. The Bertz CT molecular complexity index is 838. The molecule has 0 fully saturated rings. The fraction of sp³-hybridized carbons (Fsp3) is 0.300. The highest BCUT2D eigenvalue weighted by molar-refractivity contribution is 6.01. The summed E-state index contributed by atoms with van der Waals surface area (Å²) >= 11 is 0. The Morgan fingerprint density at radius 1 is 1.11 bits per heavy atom. The van der Waals surface area contributed by atoms with Crippen molar-refractivity contribution in [3.63, 3.8) is 0 Å². The Morgan fingerprint density at radius 2 is 1.86 bits per heavy atom. The average Bonchev–Trinajstić information content (AvgIpc) is 3.11. The molecule has 3 rings (SSSR count). The van der Waals surface area contributed by atoms with E-state index < -0.39 is 6.03 Å². The van der Waals surface area contributed by atoms with Gasteiger partial charge in [-0.2, -0.15) is 0 Å². The summed E-state index contributed by atoms with van der Waals surface area (Å²) in [6.07, 6.45) is 0. The fourth-order valence-corrected chi connectivity index (χ4v) is 2.86. The Kier molecular flexibility index (Phi) is 6.33. The summed E-state index contributed by atoms with van der Waals surface area (Å²) in [4.78, 5) is 25.1. The van der Waals surface area contributed by atoms with Crippen molar-refractivity contribution in [2.75, 3.05) is 32.3 Å². The number of ether oxygens (including phenoxy) is 3. The first-order valence-electron chi connectivity index (χ1n) is 9.07. The number of likely N-dealkylation sites (N-methyl/N-ethyl adjacent to an activating group) is 1. The van der Waals surface area contributed by atoms with Gasteiger partial charge in [-0.25, -0.2) is 4.79 Å². The number of hydrogen-bond donors (Lipinski definition) is 3. The Labute approximate surface area is 163 Å². The van der Waals surface area contributed by atoms with Crippen LogP contribution in [-0.4, -0.2) is 38.9 Å². The van der Waals surface area contributed by atoms with Gasteiger partial charge in [0.15, 0.2) is 18.0 Å². The van der Waals surface area contributed by atoms with Crippen molar-refractivity contribution in [3.8, 4) is 17.2 Å². The average molecular weight is 386 g/mol. The lowest BCUT2D eigenvalue weighted by Gasteiger charge is -2.14. The smallest absolute Gasteiger partial charge is 0.326 e. The molecule has 1 aliphatic rings. The van der Waals surface area contributed by atoms with Crippen LogP contribution in [0, 0.1) is 0 Å². The highest BCUT2D eigenvalue weighted by Crippen LogP contribution is 2.34. The molecule has 1 aliphatic heterocycles. The third-order valence-electron chi connectivity index (χ3n) is 4.09. The Hall–Kier alpha value is -3.26. The molecule has 0 bridgehead atoms. The number of amides is 3. The molecular weight excluding hydrogens is 362 g/mol. The van der Waals surface area contributed by atoms with Crippen LogP contribution in [0.1, 0.15) is 12.5 Å². The monoisotopic (exact) mass is 386 g/mol. The highest BCUT2D eigenvalue weighted by Gasteiger charge is 2.16. The van der Waals surface area contributed by atoms with Crippen LogP contribution < -0.4 is 29.7 Å². The van der Waals surface area contributed by atoms with Gasteiger partial charge in [-0.05, 0) is 43.3 Å². The zero-order valence-corrected chi connectivity index (χ0v) is 15.9. The minimum atomic E-state index is -0.585. The zero-order valence-electron chi connectivity index (χ0n) is 15.9. The van der Waals surface area contributed by atoms with E-state index in [0.717, 1.165) is 16.2 Å². The standard InChI is InChI=1S/C20H23N3O5/c1-3-26-16-7-4-14(5-8-16)11-23(2)12-19(24)22-20(25)21-15-6-9-17-18(10-15)28-13-27-17/h4-10H,3,11-13H2,1-2H3,(H2,21,22,24,25)/p+1. The topological polar surface area (TPSA) is 90.3 Å². The predicted molar refractivity (Wildman–Crippen MR) is 103 cm³/mol. The molecule has 0 saturated heterocycles. The van der Waals surface area contributed by atoms with Gasteiger partial charge in [0.05, 0.1) is 13.7 Å². The quantitative estimate of drug-likeness (QED) is 0.665. The van der Waals surface area contributed by atoms with Gasteiger partial charge >= 0.3 is 6.03 Å². The summed E-state index contributed by atoms with van der Waals surface area (Å²) in [6.45, 7) is 3.55. The van der Waals surface area contributed by atoms with Crippen LogP contribution in [0.4, 0.5) is 10.5 Å². The molecular formula is C20H24N3O5+. The Balaban J connectivity index is 1.44. The maximum atomic E-state index is 12.1. The SMILES string of the molecule is CCOc1ccc(C[NH+](C)CC(=O)NC(=O)Nc2ccc3c(c2)OCO3)cc1. The third-order valence-corrected chi connectivity index (χ3v) is 4.09. The molecule has 2 aromatic rings. The Morgan fingerprint density at radius 3 is 2.61 bits per heavy atom. The number of carbonyl (C=O) groups excluding carboxylic acids is 2. The molecule has 0 radical (unpaired) electrons. The van der Waals surface area contributed by atoms with Crippen LogP contribution in [0.3, 0.4) is 0 Å². The number of nitrogens with one attached hydrogen (secondary N) is 3. The van der Waals surface area contributed by atoms with Crippen LogP contribution in [0.5, 0.6) is 17.2 Å². The maximum absolute atomic E-state index is 12.1. The molecule has 0 spiro atoms. The molecule has 0 saturated carbocycles. The minimum Gasteiger partial charge on any atom is -0.494 e. The van der Waals surface area contributed by atoms with Crippen molar-refractivity contribution in [1.29, 1.82) is 0 Å². The van der Waals surface area contributed by atoms with Gasteiger partial charge < -0.3 is 24.4 Å². The van der Waals surface area contributed by atoms with Gasteiger partial charge in [0.1, 0.15) is 12.3 Å². The van der Waals surface area contributed by atoms with Crippen molar-refractivity contribution in [2.24, 2.45) is 0 Å². The van der Waals surface area contributed by atoms with Crippen molar-refractivity contribution in [3.05, 3.63) is 48.0 Å². The van der Waals surface area contributed by atoms with E-state index in [4.69, 9.17) is 14.2 Å². The molecule has 1 atom stereocenters. The minimum absolute atomic E-state index is 0.160. The normalized spacial score (nSPS) is 12.9. The molecule has 3 N–H and O–H groups in total. The van der Waals surface area contributed by atoms with Crippen molar-refractivity contribution in [1.82, 2.24) is 5.32 Å². The van der Waals surface area contributed by atoms with Crippen LogP contribution >= 0.6 is 0 Å². The third kappa shape index (κ3) is 5.37. The summed E-state index contributed by atoms with van der Waals surface area (Å²) in [5, 5.41) is 4.95. The predicted octanol–water partition coefficient (Wildman–Crippen LogP) is 1.18. The van der Waals surface area contributed by atoms with Gasteiger partial charge in [0.25, 0.3) is 5.91 Å². The van der Waals surface area contributed by atoms with Crippen LogP contribution in [0.2, 0.25) is 0 Å². The first kappa shape index (κ1) is 19.5. The number of quaternary nitrogens is 1. The first-order chi connectivity index (χ1) is 13.5. The van der Waals surface area contributed by atoms with Gasteiger partial charge in [0.2, 0.25) is 6.79 Å². The number of rotatable bonds is 7. The van der Waals surface area contributed by atoms with Crippen LogP contribution in [0.25, 0.3) is 0 Å². The van der Waals surface area contributed by atoms with Crippen LogP contribution in [0.15, 0.2) is 42.5 Å². The summed E-state index contributed by atoms with van der Waals surface area (Å²) in [5.74, 6) is 1.65. The van der Waals surface area contributed by atoms with Crippen molar-refractivity contribution in [2.45, 2.75) is 13.5 Å². The number of benzene rings is 2. The van der Waals surface area contributed by atoms with E-state index in [-0.39, 0.29) is 19.2 Å². The molecule has 8 heteroatoms. The molecule has 0 aromatic heterocycles. The molecule has 1 heterocycles. The number of fused-ring (bicyclic) bond motifs is 1. The highest BCUT2D eigenvalue weighted by atomic mass is 16.7. The number of urea groups is 1. The number of hydrogen-bond acceptors (Lipinski definition) is 5. The molecule has 28 heavy (non-hydrogen) atoms. The second kappa shape index (κ2) is 9.09. The van der Waals surface area contributed by atoms with Gasteiger partial charge in [-0.1, -0.05) is 0 Å².